The van der Waals surface area contributed by atoms with Gasteiger partial charge in [-0.25, -0.2) is 0 Å². The Morgan fingerprint density at radius 2 is 1.95 bits per heavy atom. The number of rotatable bonds is 7. The first kappa shape index (κ1) is 15.8. The Hall–Kier alpha value is -1.27. The van der Waals surface area contributed by atoms with Gasteiger partial charge in [0.1, 0.15) is 5.75 Å². The second-order valence-corrected chi connectivity index (χ2v) is 4.02. The van der Waals surface area contributed by atoms with Crippen LogP contribution in [-0.4, -0.2) is 26.0 Å². The summed E-state index contributed by atoms with van der Waals surface area (Å²) in [5.74, 6) is 0.636. The highest BCUT2D eigenvalue weighted by atomic mass is 19.4. The van der Waals surface area contributed by atoms with Crippen LogP contribution in [0.3, 0.4) is 0 Å². The first-order valence-corrected chi connectivity index (χ1v) is 6.06. The van der Waals surface area contributed by atoms with Crippen molar-refractivity contribution < 1.29 is 22.6 Å². The number of para-hydroxylation sites is 1. The first-order chi connectivity index (χ1) is 8.94. The molecule has 1 rings (SSSR count). The van der Waals surface area contributed by atoms with Gasteiger partial charge in [-0.1, -0.05) is 18.2 Å². The molecule has 0 amide bonds. The van der Waals surface area contributed by atoms with Gasteiger partial charge in [-0.2, -0.15) is 13.2 Å². The standard InChI is InChI=1S/C13H18F3NO2/c1-2-19-12-6-4-3-5-10(12)11(17)9-18-8-7-13(14,15)16/h3-6,11H,2,7-9,17H2,1H3. The zero-order valence-corrected chi connectivity index (χ0v) is 10.7. The maximum atomic E-state index is 11.9. The Morgan fingerprint density at radius 1 is 1.26 bits per heavy atom. The third-order valence-corrected chi connectivity index (χ3v) is 2.45. The van der Waals surface area contributed by atoms with E-state index in [1.54, 1.807) is 18.2 Å². The largest absolute Gasteiger partial charge is 0.494 e. The summed E-state index contributed by atoms with van der Waals surface area (Å²) in [5, 5.41) is 0. The summed E-state index contributed by atoms with van der Waals surface area (Å²) in [5.41, 5.74) is 6.62. The van der Waals surface area contributed by atoms with Gasteiger partial charge < -0.3 is 15.2 Å². The van der Waals surface area contributed by atoms with Crippen LogP contribution in [0.25, 0.3) is 0 Å². The van der Waals surface area contributed by atoms with Crippen LogP contribution in [0, 0.1) is 0 Å². The van der Waals surface area contributed by atoms with E-state index in [4.69, 9.17) is 15.2 Å². The van der Waals surface area contributed by atoms with Crippen molar-refractivity contribution in [1.82, 2.24) is 0 Å². The zero-order chi connectivity index (χ0) is 14.3. The molecule has 0 aromatic heterocycles. The molecule has 0 aliphatic carbocycles. The molecule has 0 fully saturated rings. The van der Waals surface area contributed by atoms with E-state index in [0.717, 1.165) is 5.56 Å². The van der Waals surface area contributed by atoms with Gasteiger partial charge in [0.15, 0.2) is 0 Å². The molecule has 1 aromatic rings. The second-order valence-electron chi connectivity index (χ2n) is 4.02. The number of ether oxygens (including phenoxy) is 2. The number of benzene rings is 1. The lowest BCUT2D eigenvalue weighted by molar-refractivity contribution is -0.145. The van der Waals surface area contributed by atoms with Crippen LogP contribution in [0.15, 0.2) is 24.3 Å². The molecule has 0 saturated heterocycles. The first-order valence-electron chi connectivity index (χ1n) is 6.06. The molecule has 0 heterocycles. The molecule has 0 radical (unpaired) electrons. The fourth-order valence-corrected chi connectivity index (χ4v) is 1.56. The normalized spacial score (nSPS) is 13.3. The molecule has 0 saturated carbocycles. The SMILES string of the molecule is CCOc1ccccc1C(N)COCCC(F)(F)F. The molecule has 19 heavy (non-hydrogen) atoms. The van der Waals surface area contributed by atoms with Crippen LogP contribution in [0.2, 0.25) is 0 Å². The van der Waals surface area contributed by atoms with E-state index in [2.05, 4.69) is 0 Å². The van der Waals surface area contributed by atoms with Gasteiger partial charge in [-0.15, -0.1) is 0 Å². The second kappa shape index (κ2) is 7.35. The molecule has 1 atom stereocenters. The van der Waals surface area contributed by atoms with E-state index in [1.807, 2.05) is 13.0 Å². The van der Waals surface area contributed by atoms with Crippen LogP contribution >= 0.6 is 0 Å². The zero-order valence-electron chi connectivity index (χ0n) is 10.7. The average Bonchev–Trinajstić information content (AvgIpc) is 2.34. The van der Waals surface area contributed by atoms with Gasteiger partial charge >= 0.3 is 6.18 Å². The molecular formula is C13H18F3NO2. The van der Waals surface area contributed by atoms with Crippen molar-refractivity contribution in [2.45, 2.75) is 25.6 Å². The molecule has 0 spiro atoms. The van der Waals surface area contributed by atoms with Crippen molar-refractivity contribution in [1.29, 1.82) is 0 Å². The molecule has 2 N–H and O–H groups in total. The van der Waals surface area contributed by atoms with Gasteiger partial charge in [-0.05, 0) is 13.0 Å². The fourth-order valence-electron chi connectivity index (χ4n) is 1.56. The van der Waals surface area contributed by atoms with E-state index < -0.39 is 18.6 Å². The van der Waals surface area contributed by atoms with E-state index in [1.165, 1.54) is 0 Å². The lowest BCUT2D eigenvalue weighted by Crippen LogP contribution is -2.20. The van der Waals surface area contributed by atoms with E-state index >= 15 is 0 Å². The average molecular weight is 277 g/mol. The van der Waals surface area contributed by atoms with Crippen LogP contribution in [0.1, 0.15) is 24.9 Å². The minimum atomic E-state index is -4.20. The summed E-state index contributed by atoms with van der Waals surface area (Å²) in [6.45, 7) is 2.00. The van der Waals surface area contributed by atoms with Crippen LogP contribution < -0.4 is 10.5 Å². The Kier molecular flexibility index (Phi) is 6.11. The molecule has 6 heteroatoms. The smallest absolute Gasteiger partial charge is 0.391 e. The van der Waals surface area contributed by atoms with Crippen molar-refractivity contribution in [2.75, 3.05) is 19.8 Å². The predicted octanol–water partition coefficient (Wildman–Crippen LogP) is 3.05. The highest BCUT2D eigenvalue weighted by Gasteiger charge is 2.26. The summed E-state index contributed by atoms with van der Waals surface area (Å²) < 4.78 is 46.2. The summed E-state index contributed by atoms with van der Waals surface area (Å²) in [4.78, 5) is 0. The summed E-state index contributed by atoms with van der Waals surface area (Å²) in [6.07, 6.45) is -5.17. The van der Waals surface area contributed by atoms with E-state index in [-0.39, 0.29) is 13.2 Å². The van der Waals surface area contributed by atoms with E-state index in [9.17, 15) is 13.2 Å². The van der Waals surface area contributed by atoms with Gasteiger partial charge in [-0.3, -0.25) is 0 Å². The molecule has 0 bridgehead atoms. The van der Waals surface area contributed by atoms with Crippen LogP contribution in [-0.2, 0) is 4.74 Å². The molecule has 0 aliphatic rings. The molecule has 3 nitrogen and oxygen atoms in total. The number of halogens is 3. The molecule has 0 aliphatic heterocycles. The Bertz CT molecular complexity index is 382. The lowest BCUT2D eigenvalue weighted by Gasteiger charge is -2.17. The Labute approximate surface area is 110 Å². The fraction of sp³-hybridized carbons (Fsp3) is 0.538. The van der Waals surface area contributed by atoms with Crippen molar-refractivity contribution in [3.63, 3.8) is 0 Å². The monoisotopic (exact) mass is 277 g/mol. The van der Waals surface area contributed by atoms with Crippen LogP contribution in [0.4, 0.5) is 13.2 Å². The van der Waals surface area contributed by atoms with Crippen LogP contribution in [0.5, 0.6) is 5.75 Å². The van der Waals surface area contributed by atoms with Crippen molar-refractivity contribution in [2.24, 2.45) is 5.73 Å². The molecule has 1 unspecified atom stereocenters. The molecule has 108 valence electrons. The summed E-state index contributed by atoms with van der Waals surface area (Å²) >= 11 is 0. The van der Waals surface area contributed by atoms with Crippen molar-refractivity contribution >= 4 is 0 Å². The number of alkyl halides is 3. The highest BCUT2D eigenvalue weighted by Crippen LogP contribution is 2.24. The van der Waals surface area contributed by atoms with Gasteiger partial charge in [0.05, 0.1) is 32.3 Å². The van der Waals surface area contributed by atoms with Gasteiger partial charge in [0, 0.05) is 5.56 Å². The summed E-state index contributed by atoms with van der Waals surface area (Å²) in [7, 11) is 0. The number of nitrogens with two attached hydrogens (primary N) is 1. The predicted molar refractivity (Wildman–Crippen MR) is 66.0 cm³/mol. The van der Waals surface area contributed by atoms with Crippen molar-refractivity contribution in [3.05, 3.63) is 29.8 Å². The van der Waals surface area contributed by atoms with Gasteiger partial charge in [0.2, 0.25) is 0 Å². The Morgan fingerprint density at radius 3 is 2.58 bits per heavy atom. The maximum Gasteiger partial charge on any atom is 0.391 e. The van der Waals surface area contributed by atoms with E-state index in [0.29, 0.717) is 12.4 Å². The summed E-state index contributed by atoms with van der Waals surface area (Å²) in [6, 6.07) is 6.66. The van der Waals surface area contributed by atoms with Gasteiger partial charge in [0.25, 0.3) is 0 Å². The minimum absolute atomic E-state index is 0.0279. The quantitative estimate of drug-likeness (QED) is 0.779. The number of hydrogen-bond acceptors (Lipinski definition) is 3. The highest BCUT2D eigenvalue weighted by molar-refractivity contribution is 5.35. The molecule has 1 aromatic carbocycles. The topological polar surface area (TPSA) is 44.5 Å². The lowest BCUT2D eigenvalue weighted by atomic mass is 10.1. The molecular weight excluding hydrogens is 259 g/mol. The maximum absolute atomic E-state index is 11.9. The third kappa shape index (κ3) is 5.94. The van der Waals surface area contributed by atoms with Crippen molar-refractivity contribution in [3.8, 4) is 5.75 Å². The third-order valence-electron chi connectivity index (χ3n) is 2.45. The minimum Gasteiger partial charge on any atom is -0.494 e. The number of hydrogen-bond donors (Lipinski definition) is 1. The Balaban J connectivity index is 2.47.